The Labute approximate surface area is 127 Å². The number of halogens is 2. The van der Waals surface area contributed by atoms with E-state index in [0.29, 0.717) is 18.7 Å². The number of hydrogen-bond donors (Lipinski definition) is 1. The zero-order valence-electron chi connectivity index (χ0n) is 12.6. The van der Waals surface area contributed by atoms with Crippen LogP contribution in [0.4, 0.5) is 8.78 Å². The number of benzene rings is 1. The van der Waals surface area contributed by atoms with Gasteiger partial charge in [0.1, 0.15) is 11.6 Å². The molecule has 1 fully saturated rings. The summed E-state index contributed by atoms with van der Waals surface area (Å²) in [7, 11) is 3.26. The van der Waals surface area contributed by atoms with Crippen LogP contribution in [0.2, 0.25) is 0 Å². The van der Waals surface area contributed by atoms with Gasteiger partial charge in [-0.1, -0.05) is 0 Å². The topological polar surface area (TPSA) is 52.7 Å². The van der Waals surface area contributed by atoms with Gasteiger partial charge in [-0.15, -0.1) is 0 Å². The maximum Gasteiger partial charge on any atom is 0.240 e. The quantitative estimate of drug-likeness (QED) is 0.892. The fourth-order valence-electron chi connectivity index (χ4n) is 2.39. The molecule has 7 heteroatoms. The number of carbonyl (C=O) groups is 2. The molecule has 1 unspecified atom stereocenters. The van der Waals surface area contributed by atoms with Gasteiger partial charge < -0.3 is 15.1 Å². The maximum atomic E-state index is 13.2. The molecular weight excluding hydrogens is 292 g/mol. The van der Waals surface area contributed by atoms with Gasteiger partial charge in [-0.25, -0.2) is 8.78 Å². The van der Waals surface area contributed by atoms with E-state index in [9.17, 15) is 18.4 Å². The Morgan fingerprint density at radius 1 is 1.32 bits per heavy atom. The number of hydrogen-bond acceptors (Lipinski definition) is 3. The minimum atomic E-state index is -0.670. The van der Waals surface area contributed by atoms with Crippen LogP contribution in [0, 0.1) is 11.6 Å². The fraction of sp³-hybridized carbons (Fsp3) is 0.467. The molecule has 1 aliphatic rings. The molecule has 0 radical (unpaired) electrons. The highest BCUT2D eigenvalue weighted by molar-refractivity contribution is 5.88. The number of nitrogens with zero attached hydrogens (tertiary/aromatic N) is 2. The molecule has 120 valence electrons. The molecule has 5 nitrogen and oxygen atoms in total. The van der Waals surface area contributed by atoms with E-state index in [1.165, 1.54) is 21.9 Å². The van der Waals surface area contributed by atoms with Gasteiger partial charge in [-0.2, -0.15) is 0 Å². The van der Waals surface area contributed by atoms with E-state index in [4.69, 9.17) is 0 Å². The average Bonchev–Trinajstić information content (AvgIpc) is 2.42. The van der Waals surface area contributed by atoms with Crippen LogP contribution in [0.25, 0.3) is 0 Å². The monoisotopic (exact) mass is 311 g/mol. The van der Waals surface area contributed by atoms with Gasteiger partial charge >= 0.3 is 0 Å². The molecule has 1 aliphatic heterocycles. The van der Waals surface area contributed by atoms with E-state index >= 15 is 0 Å². The largest absolute Gasteiger partial charge is 0.349 e. The lowest BCUT2D eigenvalue weighted by atomic mass is 10.1. The van der Waals surface area contributed by atoms with Gasteiger partial charge in [0.25, 0.3) is 0 Å². The zero-order chi connectivity index (χ0) is 16.3. The Morgan fingerprint density at radius 2 is 1.95 bits per heavy atom. The van der Waals surface area contributed by atoms with E-state index in [1.54, 1.807) is 14.1 Å². The van der Waals surface area contributed by atoms with E-state index in [2.05, 4.69) is 5.32 Å². The molecule has 0 saturated carbocycles. The van der Waals surface area contributed by atoms with Crippen LogP contribution in [-0.2, 0) is 16.1 Å². The SMILES string of the molecule is CN(C)C(=O)CC1NCCN(Cc2cc(F)cc(F)c2)C1=O. The lowest BCUT2D eigenvalue weighted by Crippen LogP contribution is -2.55. The van der Waals surface area contributed by atoms with Crippen molar-refractivity contribution in [2.45, 2.75) is 19.0 Å². The van der Waals surface area contributed by atoms with Gasteiger partial charge in [-0.05, 0) is 17.7 Å². The molecule has 0 spiro atoms. The van der Waals surface area contributed by atoms with Gasteiger partial charge in [0.05, 0.1) is 12.5 Å². The summed E-state index contributed by atoms with van der Waals surface area (Å²) in [4.78, 5) is 27.0. The summed E-state index contributed by atoms with van der Waals surface area (Å²) in [5, 5.41) is 3.01. The molecule has 1 aromatic carbocycles. The minimum absolute atomic E-state index is 0.0693. The third-order valence-corrected chi connectivity index (χ3v) is 3.56. The van der Waals surface area contributed by atoms with E-state index in [-0.39, 0.29) is 24.8 Å². The highest BCUT2D eigenvalue weighted by Crippen LogP contribution is 2.14. The fourth-order valence-corrected chi connectivity index (χ4v) is 2.39. The highest BCUT2D eigenvalue weighted by atomic mass is 19.1. The van der Waals surface area contributed by atoms with Gasteiger partial charge in [0.2, 0.25) is 11.8 Å². The first-order valence-electron chi connectivity index (χ1n) is 7.04. The van der Waals surface area contributed by atoms with Gasteiger partial charge in [0, 0.05) is 39.8 Å². The smallest absolute Gasteiger partial charge is 0.240 e. The predicted octanol–water partition coefficient (Wildman–Crippen LogP) is 0.744. The van der Waals surface area contributed by atoms with Crippen molar-refractivity contribution in [3.05, 3.63) is 35.4 Å². The Kier molecular flexibility index (Phi) is 5.07. The number of nitrogens with one attached hydrogen (secondary N) is 1. The van der Waals surface area contributed by atoms with E-state index in [1.807, 2.05) is 0 Å². The Balaban J connectivity index is 2.05. The second kappa shape index (κ2) is 6.83. The van der Waals surface area contributed by atoms with Crippen LogP contribution in [0.1, 0.15) is 12.0 Å². The van der Waals surface area contributed by atoms with E-state index < -0.39 is 17.7 Å². The van der Waals surface area contributed by atoms with Crippen molar-refractivity contribution in [2.24, 2.45) is 0 Å². The number of carbonyl (C=O) groups excluding carboxylic acids is 2. The summed E-state index contributed by atoms with van der Waals surface area (Å²) in [5.41, 5.74) is 0.394. The molecule has 0 aliphatic carbocycles. The standard InChI is InChI=1S/C15H19F2N3O2/c1-19(2)14(21)8-13-15(22)20(4-3-18-13)9-10-5-11(16)7-12(17)6-10/h5-7,13,18H,3-4,8-9H2,1-2H3. The Hall–Kier alpha value is -2.02. The molecule has 22 heavy (non-hydrogen) atoms. The molecule has 1 heterocycles. The summed E-state index contributed by atoms with van der Waals surface area (Å²) in [6, 6.07) is 2.61. The number of rotatable bonds is 4. The van der Waals surface area contributed by atoms with Crippen LogP contribution in [0.5, 0.6) is 0 Å². The van der Waals surface area contributed by atoms with E-state index in [0.717, 1.165) is 6.07 Å². The zero-order valence-corrected chi connectivity index (χ0v) is 12.6. The average molecular weight is 311 g/mol. The molecule has 2 rings (SSSR count). The Morgan fingerprint density at radius 3 is 2.55 bits per heavy atom. The molecule has 0 aromatic heterocycles. The third kappa shape index (κ3) is 4.00. The first-order chi connectivity index (χ1) is 10.4. The molecule has 2 amide bonds. The minimum Gasteiger partial charge on any atom is -0.349 e. The molecule has 1 aromatic rings. The van der Waals surface area contributed by atoms with Crippen molar-refractivity contribution in [3.8, 4) is 0 Å². The molecule has 1 atom stereocenters. The maximum absolute atomic E-state index is 13.2. The van der Waals surface area contributed by atoms with Crippen LogP contribution in [0.15, 0.2) is 18.2 Å². The number of amides is 2. The third-order valence-electron chi connectivity index (χ3n) is 3.56. The second-order valence-corrected chi connectivity index (χ2v) is 5.54. The van der Waals surface area contributed by atoms with Gasteiger partial charge in [-0.3, -0.25) is 9.59 Å². The summed E-state index contributed by atoms with van der Waals surface area (Å²) in [6.45, 7) is 1.10. The van der Waals surface area contributed by atoms with Crippen molar-refractivity contribution in [1.82, 2.24) is 15.1 Å². The molecule has 0 bridgehead atoms. The normalized spacial score (nSPS) is 18.5. The lowest BCUT2D eigenvalue weighted by molar-refractivity contribution is -0.140. The molecule has 1 saturated heterocycles. The first-order valence-corrected chi connectivity index (χ1v) is 7.04. The van der Waals surface area contributed by atoms with Crippen LogP contribution in [-0.4, -0.2) is 54.8 Å². The van der Waals surface area contributed by atoms with Crippen LogP contribution < -0.4 is 5.32 Å². The molecule has 1 N–H and O–H groups in total. The van der Waals surface area contributed by atoms with Crippen molar-refractivity contribution in [2.75, 3.05) is 27.2 Å². The summed E-state index contributed by atoms with van der Waals surface area (Å²) < 4.78 is 26.4. The van der Waals surface area contributed by atoms with Crippen LogP contribution in [0.3, 0.4) is 0 Å². The van der Waals surface area contributed by atoms with Crippen molar-refractivity contribution in [3.63, 3.8) is 0 Å². The highest BCUT2D eigenvalue weighted by Gasteiger charge is 2.30. The van der Waals surface area contributed by atoms with Gasteiger partial charge in [0.15, 0.2) is 0 Å². The Bertz CT molecular complexity index is 558. The number of piperazine rings is 1. The predicted molar refractivity (Wildman–Crippen MR) is 76.9 cm³/mol. The second-order valence-electron chi connectivity index (χ2n) is 5.54. The lowest BCUT2D eigenvalue weighted by Gasteiger charge is -2.33. The van der Waals surface area contributed by atoms with Crippen molar-refractivity contribution in [1.29, 1.82) is 0 Å². The summed E-state index contributed by atoms with van der Waals surface area (Å²) in [5.74, 6) is -1.72. The summed E-state index contributed by atoms with van der Waals surface area (Å²) in [6.07, 6.45) is 0.0693. The summed E-state index contributed by atoms with van der Waals surface area (Å²) >= 11 is 0. The first kappa shape index (κ1) is 16.4. The molecular formula is C15H19F2N3O2. The van der Waals surface area contributed by atoms with Crippen molar-refractivity contribution < 1.29 is 18.4 Å². The van der Waals surface area contributed by atoms with Crippen LogP contribution >= 0.6 is 0 Å². The van der Waals surface area contributed by atoms with Crippen molar-refractivity contribution >= 4 is 11.8 Å².